The number of rotatable bonds is 4. The molecule has 2 aromatic heterocycles. The first-order chi connectivity index (χ1) is 10.1. The van der Waals surface area contributed by atoms with E-state index < -0.39 is 0 Å². The quantitative estimate of drug-likeness (QED) is 0.798. The molecule has 0 spiro atoms. The number of imidazole rings is 1. The molecule has 5 heteroatoms. The molecule has 0 saturated heterocycles. The number of pyridine rings is 1. The summed E-state index contributed by atoms with van der Waals surface area (Å²) in [7, 11) is 3.97. The molecule has 1 aromatic carbocycles. The Bertz CT molecular complexity index is 731. The fraction of sp³-hybridized carbons (Fsp3) is 0.188. The van der Waals surface area contributed by atoms with E-state index in [0.29, 0.717) is 6.54 Å². The van der Waals surface area contributed by atoms with Gasteiger partial charge in [-0.05, 0) is 24.3 Å². The fourth-order valence-corrected chi connectivity index (χ4v) is 2.71. The summed E-state index contributed by atoms with van der Waals surface area (Å²) in [5, 5.41) is 4.15. The highest BCUT2D eigenvalue weighted by Crippen LogP contribution is 2.32. The number of para-hydroxylation sites is 1. The van der Waals surface area contributed by atoms with Crippen LogP contribution in [0.3, 0.4) is 0 Å². The van der Waals surface area contributed by atoms with Gasteiger partial charge in [0, 0.05) is 26.5 Å². The largest absolute Gasteiger partial charge is 0.378 e. The Kier molecular flexibility index (Phi) is 3.71. The second-order valence-corrected chi connectivity index (χ2v) is 5.49. The van der Waals surface area contributed by atoms with Gasteiger partial charge in [0.1, 0.15) is 5.65 Å². The van der Waals surface area contributed by atoms with Crippen molar-refractivity contribution in [2.75, 3.05) is 24.3 Å². The SMILES string of the molecule is CN(C)c1c(Cl)cccc1NCc1cn2ccccc2n1. The van der Waals surface area contributed by atoms with Crippen LogP contribution in [0.1, 0.15) is 5.69 Å². The van der Waals surface area contributed by atoms with Crippen molar-refractivity contribution in [1.82, 2.24) is 9.38 Å². The molecule has 3 aromatic rings. The topological polar surface area (TPSA) is 32.6 Å². The van der Waals surface area contributed by atoms with Crippen molar-refractivity contribution in [2.45, 2.75) is 6.54 Å². The number of nitrogens with one attached hydrogen (secondary N) is 1. The van der Waals surface area contributed by atoms with Gasteiger partial charge in [0.15, 0.2) is 0 Å². The van der Waals surface area contributed by atoms with Crippen LogP contribution in [0.2, 0.25) is 5.02 Å². The van der Waals surface area contributed by atoms with E-state index in [1.165, 1.54) is 0 Å². The van der Waals surface area contributed by atoms with Crippen LogP contribution in [-0.4, -0.2) is 23.5 Å². The third-order valence-electron chi connectivity index (χ3n) is 3.31. The molecule has 3 rings (SSSR count). The lowest BCUT2D eigenvalue weighted by Crippen LogP contribution is -2.12. The first-order valence-corrected chi connectivity index (χ1v) is 7.15. The molecule has 0 saturated carbocycles. The van der Waals surface area contributed by atoms with Crippen molar-refractivity contribution < 1.29 is 0 Å². The molecule has 108 valence electrons. The molecule has 0 atom stereocenters. The number of fused-ring (bicyclic) bond motifs is 1. The summed E-state index contributed by atoms with van der Waals surface area (Å²) in [6, 6.07) is 11.8. The molecule has 0 fully saturated rings. The van der Waals surface area contributed by atoms with Gasteiger partial charge in [0.05, 0.1) is 28.6 Å². The van der Waals surface area contributed by atoms with Gasteiger partial charge in [-0.3, -0.25) is 0 Å². The number of nitrogens with zero attached hydrogens (tertiary/aromatic N) is 3. The number of anilines is 2. The lowest BCUT2D eigenvalue weighted by atomic mass is 10.2. The molecule has 21 heavy (non-hydrogen) atoms. The Labute approximate surface area is 129 Å². The monoisotopic (exact) mass is 300 g/mol. The zero-order valence-corrected chi connectivity index (χ0v) is 12.8. The van der Waals surface area contributed by atoms with E-state index in [0.717, 1.165) is 27.7 Å². The van der Waals surface area contributed by atoms with E-state index in [4.69, 9.17) is 11.6 Å². The minimum atomic E-state index is 0.656. The molecule has 4 nitrogen and oxygen atoms in total. The first kappa shape index (κ1) is 13.8. The zero-order chi connectivity index (χ0) is 14.8. The fourth-order valence-electron chi connectivity index (χ4n) is 2.37. The van der Waals surface area contributed by atoms with Crippen LogP contribution >= 0.6 is 11.6 Å². The highest BCUT2D eigenvalue weighted by molar-refractivity contribution is 6.34. The second kappa shape index (κ2) is 5.66. The van der Waals surface area contributed by atoms with Crippen molar-refractivity contribution in [3.63, 3.8) is 0 Å². The Balaban J connectivity index is 1.83. The number of benzene rings is 1. The van der Waals surface area contributed by atoms with Crippen molar-refractivity contribution in [3.8, 4) is 0 Å². The van der Waals surface area contributed by atoms with Crippen molar-refractivity contribution >= 4 is 28.6 Å². The van der Waals surface area contributed by atoms with Crippen LogP contribution in [-0.2, 0) is 6.54 Å². The predicted octanol–water partition coefficient (Wildman–Crippen LogP) is 3.67. The maximum atomic E-state index is 6.27. The van der Waals surface area contributed by atoms with Gasteiger partial charge in [0.2, 0.25) is 0 Å². The number of hydrogen-bond donors (Lipinski definition) is 1. The summed E-state index contributed by atoms with van der Waals surface area (Å²) in [5.74, 6) is 0. The minimum absolute atomic E-state index is 0.656. The second-order valence-electron chi connectivity index (χ2n) is 5.08. The number of hydrogen-bond acceptors (Lipinski definition) is 3. The van der Waals surface area contributed by atoms with E-state index >= 15 is 0 Å². The molecular weight excluding hydrogens is 284 g/mol. The van der Waals surface area contributed by atoms with Gasteiger partial charge >= 0.3 is 0 Å². The van der Waals surface area contributed by atoms with Gasteiger partial charge < -0.3 is 14.6 Å². The average Bonchev–Trinajstić information content (AvgIpc) is 2.87. The van der Waals surface area contributed by atoms with Crippen LogP contribution in [0.15, 0.2) is 48.8 Å². The molecule has 0 unspecified atom stereocenters. The van der Waals surface area contributed by atoms with Gasteiger partial charge in [-0.25, -0.2) is 4.98 Å². The Morgan fingerprint density at radius 2 is 2.05 bits per heavy atom. The van der Waals surface area contributed by atoms with Gasteiger partial charge in [0.25, 0.3) is 0 Å². The minimum Gasteiger partial charge on any atom is -0.378 e. The van der Waals surface area contributed by atoms with Crippen molar-refractivity contribution in [3.05, 3.63) is 59.5 Å². The highest BCUT2D eigenvalue weighted by atomic mass is 35.5. The van der Waals surface area contributed by atoms with Crippen LogP contribution in [0.5, 0.6) is 0 Å². The standard InChI is InChI=1S/C16H17ClN4/c1-20(2)16-13(17)6-5-7-14(16)18-10-12-11-21-9-4-3-8-15(21)19-12/h3-9,11,18H,10H2,1-2H3. The first-order valence-electron chi connectivity index (χ1n) is 6.77. The third-order valence-corrected chi connectivity index (χ3v) is 3.61. The summed E-state index contributed by atoms with van der Waals surface area (Å²) in [4.78, 5) is 6.59. The van der Waals surface area contributed by atoms with E-state index in [1.807, 2.05) is 72.2 Å². The number of halogens is 1. The smallest absolute Gasteiger partial charge is 0.137 e. The lowest BCUT2D eigenvalue weighted by molar-refractivity contribution is 1.06. The van der Waals surface area contributed by atoms with Gasteiger partial charge in [-0.15, -0.1) is 0 Å². The molecule has 0 aliphatic heterocycles. The summed E-state index contributed by atoms with van der Waals surface area (Å²) < 4.78 is 2.02. The van der Waals surface area contributed by atoms with E-state index in [9.17, 15) is 0 Å². The third kappa shape index (κ3) is 2.81. The van der Waals surface area contributed by atoms with Crippen LogP contribution in [0.4, 0.5) is 11.4 Å². The Morgan fingerprint density at radius 3 is 2.81 bits per heavy atom. The van der Waals surface area contributed by atoms with E-state index in [-0.39, 0.29) is 0 Å². The highest BCUT2D eigenvalue weighted by Gasteiger charge is 2.09. The normalized spacial score (nSPS) is 10.8. The maximum Gasteiger partial charge on any atom is 0.137 e. The molecule has 0 bridgehead atoms. The van der Waals surface area contributed by atoms with Crippen molar-refractivity contribution in [1.29, 1.82) is 0 Å². The summed E-state index contributed by atoms with van der Waals surface area (Å²) in [6.45, 7) is 0.656. The van der Waals surface area contributed by atoms with Crippen LogP contribution in [0.25, 0.3) is 5.65 Å². The summed E-state index contributed by atoms with van der Waals surface area (Å²) in [5.41, 5.74) is 3.94. The van der Waals surface area contributed by atoms with Crippen molar-refractivity contribution in [2.24, 2.45) is 0 Å². The molecule has 0 amide bonds. The zero-order valence-electron chi connectivity index (χ0n) is 12.0. The van der Waals surface area contributed by atoms with Gasteiger partial charge in [-0.1, -0.05) is 23.7 Å². The van der Waals surface area contributed by atoms with Crippen LogP contribution < -0.4 is 10.2 Å². The molecule has 0 aliphatic carbocycles. The maximum absolute atomic E-state index is 6.27. The molecule has 0 aliphatic rings. The van der Waals surface area contributed by atoms with Gasteiger partial charge in [-0.2, -0.15) is 0 Å². The Hall–Kier alpha value is -2.20. The van der Waals surface area contributed by atoms with E-state index in [2.05, 4.69) is 10.3 Å². The Morgan fingerprint density at radius 1 is 1.19 bits per heavy atom. The number of aromatic nitrogens is 2. The average molecular weight is 301 g/mol. The predicted molar refractivity (Wildman–Crippen MR) is 88.3 cm³/mol. The van der Waals surface area contributed by atoms with Crippen LogP contribution in [0, 0.1) is 0 Å². The molecule has 1 N–H and O–H groups in total. The molecule has 2 heterocycles. The lowest BCUT2D eigenvalue weighted by Gasteiger charge is -2.19. The van der Waals surface area contributed by atoms with E-state index in [1.54, 1.807) is 0 Å². The summed E-state index contributed by atoms with van der Waals surface area (Å²) in [6.07, 6.45) is 4.03. The molecule has 0 radical (unpaired) electrons. The summed E-state index contributed by atoms with van der Waals surface area (Å²) >= 11 is 6.27. The molecular formula is C16H17ClN4.